The zero-order valence-electron chi connectivity index (χ0n) is 11.5. The van der Waals surface area contributed by atoms with Gasteiger partial charge in [-0.25, -0.2) is 4.98 Å². The molecule has 0 aliphatic carbocycles. The highest BCUT2D eigenvalue weighted by molar-refractivity contribution is 5.45. The fourth-order valence-electron chi connectivity index (χ4n) is 2.77. The van der Waals surface area contributed by atoms with Crippen LogP contribution < -0.4 is 4.90 Å². The molecule has 1 aliphatic heterocycles. The van der Waals surface area contributed by atoms with E-state index in [0.717, 1.165) is 30.3 Å². The van der Waals surface area contributed by atoms with Gasteiger partial charge >= 0.3 is 0 Å². The normalized spacial score (nSPS) is 18.8. The van der Waals surface area contributed by atoms with Gasteiger partial charge in [0.15, 0.2) is 0 Å². The quantitative estimate of drug-likeness (QED) is 0.823. The Hall–Kier alpha value is -1.90. The Morgan fingerprint density at radius 3 is 2.74 bits per heavy atom. The predicted octanol–water partition coefficient (Wildman–Crippen LogP) is 3.09. The van der Waals surface area contributed by atoms with Crippen molar-refractivity contribution in [1.82, 2.24) is 9.97 Å². The van der Waals surface area contributed by atoms with Crippen LogP contribution in [0.25, 0.3) is 0 Å². The van der Waals surface area contributed by atoms with E-state index >= 15 is 0 Å². The Morgan fingerprint density at radius 1 is 1.16 bits per heavy atom. The molecule has 1 aliphatic rings. The van der Waals surface area contributed by atoms with Crippen LogP contribution in [0.15, 0.2) is 36.5 Å². The summed E-state index contributed by atoms with van der Waals surface area (Å²) in [4.78, 5) is 11.4. The SMILES string of the molecule is Cc1cnc(C)c(N2CCC(c3ccccc3)C2)n1. The van der Waals surface area contributed by atoms with Crippen molar-refractivity contribution in [2.24, 2.45) is 0 Å². The van der Waals surface area contributed by atoms with E-state index < -0.39 is 0 Å². The van der Waals surface area contributed by atoms with Gasteiger partial charge in [-0.3, -0.25) is 4.98 Å². The van der Waals surface area contributed by atoms with Gasteiger partial charge in [0.05, 0.1) is 11.4 Å². The van der Waals surface area contributed by atoms with Crippen LogP contribution in [0, 0.1) is 13.8 Å². The molecule has 0 amide bonds. The number of aromatic nitrogens is 2. The van der Waals surface area contributed by atoms with Gasteiger partial charge in [0.25, 0.3) is 0 Å². The van der Waals surface area contributed by atoms with E-state index in [1.165, 1.54) is 12.0 Å². The number of nitrogens with zero attached hydrogens (tertiary/aromatic N) is 3. The maximum atomic E-state index is 4.65. The Labute approximate surface area is 114 Å². The van der Waals surface area contributed by atoms with E-state index in [9.17, 15) is 0 Å². The van der Waals surface area contributed by atoms with Crippen LogP contribution in [0.5, 0.6) is 0 Å². The number of hydrogen-bond donors (Lipinski definition) is 0. The molecule has 0 N–H and O–H groups in total. The molecule has 1 saturated heterocycles. The maximum Gasteiger partial charge on any atom is 0.150 e. The summed E-state index contributed by atoms with van der Waals surface area (Å²) in [6, 6.07) is 10.8. The first-order valence-electron chi connectivity index (χ1n) is 6.84. The molecule has 1 unspecified atom stereocenters. The average Bonchev–Trinajstić information content (AvgIpc) is 2.92. The number of rotatable bonds is 2. The van der Waals surface area contributed by atoms with Crippen molar-refractivity contribution >= 4 is 5.82 Å². The van der Waals surface area contributed by atoms with E-state index in [-0.39, 0.29) is 0 Å². The Kier molecular flexibility index (Phi) is 3.20. The zero-order valence-corrected chi connectivity index (χ0v) is 11.5. The second-order valence-electron chi connectivity index (χ2n) is 5.26. The van der Waals surface area contributed by atoms with Crippen molar-refractivity contribution in [3.05, 3.63) is 53.5 Å². The van der Waals surface area contributed by atoms with Crippen molar-refractivity contribution in [2.75, 3.05) is 18.0 Å². The third kappa shape index (κ3) is 2.46. The summed E-state index contributed by atoms with van der Waals surface area (Å²) in [6.07, 6.45) is 3.03. The topological polar surface area (TPSA) is 29.0 Å². The van der Waals surface area contributed by atoms with Crippen LogP contribution in [0.3, 0.4) is 0 Å². The largest absolute Gasteiger partial charge is 0.354 e. The molecule has 3 rings (SSSR count). The summed E-state index contributed by atoms with van der Waals surface area (Å²) in [7, 11) is 0. The van der Waals surface area contributed by atoms with Gasteiger partial charge in [0.1, 0.15) is 5.82 Å². The second-order valence-corrected chi connectivity index (χ2v) is 5.26. The molecule has 0 saturated carbocycles. The highest BCUT2D eigenvalue weighted by Crippen LogP contribution is 2.30. The molecule has 1 aromatic carbocycles. The summed E-state index contributed by atoms with van der Waals surface area (Å²) in [5, 5.41) is 0. The van der Waals surface area contributed by atoms with E-state index in [1.54, 1.807) is 0 Å². The molecule has 0 radical (unpaired) electrons. The summed E-state index contributed by atoms with van der Waals surface area (Å²) < 4.78 is 0. The second kappa shape index (κ2) is 5.00. The van der Waals surface area contributed by atoms with Gasteiger partial charge in [-0.1, -0.05) is 30.3 Å². The van der Waals surface area contributed by atoms with Crippen LogP contribution in [0.2, 0.25) is 0 Å². The minimum absolute atomic E-state index is 0.614. The fourth-order valence-corrected chi connectivity index (χ4v) is 2.77. The lowest BCUT2D eigenvalue weighted by molar-refractivity contribution is 0.773. The number of aryl methyl sites for hydroxylation is 2. The lowest BCUT2D eigenvalue weighted by atomic mass is 9.99. The zero-order chi connectivity index (χ0) is 13.2. The van der Waals surface area contributed by atoms with Gasteiger partial charge in [-0.2, -0.15) is 0 Å². The molecular formula is C16H19N3. The minimum Gasteiger partial charge on any atom is -0.354 e. The van der Waals surface area contributed by atoms with Crippen LogP contribution in [0.4, 0.5) is 5.82 Å². The minimum atomic E-state index is 0.614. The first-order valence-corrected chi connectivity index (χ1v) is 6.84. The lowest BCUT2D eigenvalue weighted by Gasteiger charge is -2.19. The van der Waals surface area contributed by atoms with E-state index in [1.807, 2.05) is 20.0 Å². The van der Waals surface area contributed by atoms with E-state index in [4.69, 9.17) is 0 Å². The summed E-state index contributed by atoms with van der Waals surface area (Å²) >= 11 is 0. The highest BCUT2D eigenvalue weighted by Gasteiger charge is 2.25. The molecule has 2 aromatic rings. The molecule has 98 valence electrons. The average molecular weight is 253 g/mol. The monoisotopic (exact) mass is 253 g/mol. The van der Waals surface area contributed by atoms with Crippen molar-refractivity contribution in [1.29, 1.82) is 0 Å². The van der Waals surface area contributed by atoms with Crippen LogP contribution in [-0.4, -0.2) is 23.1 Å². The molecule has 1 aromatic heterocycles. The highest BCUT2D eigenvalue weighted by atomic mass is 15.2. The van der Waals surface area contributed by atoms with Gasteiger partial charge in [0.2, 0.25) is 0 Å². The molecule has 1 fully saturated rings. The first kappa shape index (κ1) is 12.2. The molecule has 0 spiro atoms. The Bertz CT molecular complexity index is 565. The maximum absolute atomic E-state index is 4.65. The fraction of sp³-hybridized carbons (Fsp3) is 0.375. The molecule has 3 nitrogen and oxygen atoms in total. The van der Waals surface area contributed by atoms with Crippen LogP contribution in [0.1, 0.15) is 29.3 Å². The van der Waals surface area contributed by atoms with Gasteiger partial charge < -0.3 is 4.90 Å². The van der Waals surface area contributed by atoms with Crippen molar-refractivity contribution in [3.63, 3.8) is 0 Å². The molecule has 1 atom stereocenters. The van der Waals surface area contributed by atoms with Gasteiger partial charge in [-0.05, 0) is 25.8 Å². The third-order valence-electron chi connectivity index (χ3n) is 3.81. The number of anilines is 1. The van der Waals surface area contributed by atoms with E-state index in [2.05, 4.69) is 45.2 Å². The smallest absolute Gasteiger partial charge is 0.150 e. The predicted molar refractivity (Wildman–Crippen MR) is 77.5 cm³/mol. The van der Waals surface area contributed by atoms with Gasteiger partial charge in [-0.15, -0.1) is 0 Å². The van der Waals surface area contributed by atoms with Crippen molar-refractivity contribution in [2.45, 2.75) is 26.2 Å². The first-order chi connectivity index (χ1) is 9.24. The summed E-state index contributed by atoms with van der Waals surface area (Å²) in [5.41, 5.74) is 3.45. The molecule has 19 heavy (non-hydrogen) atoms. The van der Waals surface area contributed by atoms with Crippen molar-refractivity contribution < 1.29 is 0 Å². The molecule has 0 bridgehead atoms. The third-order valence-corrected chi connectivity index (χ3v) is 3.81. The summed E-state index contributed by atoms with van der Waals surface area (Å²) in [5.74, 6) is 1.67. The van der Waals surface area contributed by atoms with Crippen molar-refractivity contribution in [3.8, 4) is 0 Å². The Morgan fingerprint density at radius 2 is 1.95 bits per heavy atom. The van der Waals surface area contributed by atoms with Crippen LogP contribution in [-0.2, 0) is 0 Å². The lowest BCUT2D eigenvalue weighted by Crippen LogP contribution is -2.22. The standard InChI is InChI=1S/C16H19N3/c1-12-10-17-13(2)16(18-12)19-9-8-15(11-19)14-6-4-3-5-7-14/h3-7,10,15H,8-9,11H2,1-2H3. The molecular weight excluding hydrogens is 234 g/mol. The molecule has 2 heterocycles. The number of hydrogen-bond acceptors (Lipinski definition) is 3. The van der Waals surface area contributed by atoms with E-state index in [0.29, 0.717) is 5.92 Å². The Balaban J connectivity index is 1.81. The van der Waals surface area contributed by atoms with Gasteiger partial charge in [0, 0.05) is 25.2 Å². The van der Waals surface area contributed by atoms with Crippen LogP contribution >= 0.6 is 0 Å². The summed E-state index contributed by atoms with van der Waals surface area (Å²) in [6.45, 7) is 6.15. The molecule has 3 heteroatoms. The number of benzene rings is 1.